The van der Waals surface area contributed by atoms with Gasteiger partial charge in [0.1, 0.15) is 5.82 Å². The smallest absolute Gasteiger partial charge is 0.251 e. The van der Waals surface area contributed by atoms with E-state index in [1.807, 2.05) is 19.1 Å². The first-order chi connectivity index (χ1) is 10.2. The molecule has 3 rings (SSSR count). The SMILES string of the molecule is CC(NC(=O)c1ccc(CN)cc1)c1nnc2n1CCC2.Cl.Cl. The summed E-state index contributed by atoms with van der Waals surface area (Å²) < 4.78 is 2.10. The minimum absolute atomic E-state index is 0. The van der Waals surface area contributed by atoms with Crippen LogP contribution in [0.3, 0.4) is 0 Å². The Morgan fingerprint density at radius 2 is 2.00 bits per heavy atom. The highest BCUT2D eigenvalue weighted by molar-refractivity contribution is 5.94. The van der Waals surface area contributed by atoms with Gasteiger partial charge in [0.05, 0.1) is 6.04 Å². The summed E-state index contributed by atoms with van der Waals surface area (Å²) in [7, 11) is 0. The lowest BCUT2D eigenvalue weighted by Gasteiger charge is -2.14. The first kappa shape index (κ1) is 19.4. The van der Waals surface area contributed by atoms with Crippen molar-refractivity contribution in [2.24, 2.45) is 5.73 Å². The molecule has 2 aromatic rings. The van der Waals surface area contributed by atoms with Gasteiger partial charge in [-0.25, -0.2) is 0 Å². The van der Waals surface area contributed by atoms with Gasteiger partial charge < -0.3 is 15.6 Å². The zero-order valence-electron chi connectivity index (χ0n) is 12.9. The fourth-order valence-corrected chi connectivity index (χ4v) is 2.63. The maximum Gasteiger partial charge on any atom is 0.251 e. The molecule has 0 saturated carbocycles. The van der Waals surface area contributed by atoms with Crippen molar-refractivity contribution in [2.45, 2.75) is 38.9 Å². The summed E-state index contributed by atoms with van der Waals surface area (Å²) in [5.41, 5.74) is 7.19. The summed E-state index contributed by atoms with van der Waals surface area (Å²) in [6.07, 6.45) is 2.06. The van der Waals surface area contributed by atoms with Gasteiger partial charge in [-0.15, -0.1) is 35.0 Å². The van der Waals surface area contributed by atoms with Gasteiger partial charge in [0.15, 0.2) is 5.82 Å². The third kappa shape index (κ3) is 4.02. The van der Waals surface area contributed by atoms with E-state index in [1.54, 1.807) is 12.1 Å². The van der Waals surface area contributed by atoms with Crippen molar-refractivity contribution < 1.29 is 4.79 Å². The van der Waals surface area contributed by atoms with Crippen LogP contribution in [0.2, 0.25) is 0 Å². The number of benzene rings is 1. The van der Waals surface area contributed by atoms with Crippen molar-refractivity contribution in [1.82, 2.24) is 20.1 Å². The van der Waals surface area contributed by atoms with Gasteiger partial charge in [0.25, 0.3) is 5.91 Å². The predicted molar refractivity (Wildman–Crippen MR) is 93.1 cm³/mol. The molecule has 0 spiro atoms. The molecular formula is C15H21Cl2N5O. The highest BCUT2D eigenvalue weighted by atomic mass is 35.5. The largest absolute Gasteiger partial charge is 0.342 e. The quantitative estimate of drug-likeness (QED) is 0.876. The van der Waals surface area contributed by atoms with Crippen LogP contribution in [0.1, 0.15) is 47.0 Å². The van der Waals surface area contributed by atoms with Crippen LogP contribution in [-0.2, 0) is 19.5 Å². The van der Waals surface area contributed by atoms with Crippen LogP contribution in [-0.4, -0.2) is 20.7 Å². The van der Waals surface area contributed by atoms with Crippen LogP contribution in [0.25, 0.3) is 0 Å². The Hall–Kier alpha value is -1.63. The van der Waals surface area contributed by atoms with Gasteiger partial charge in [-0.1, -0.05) is 12.1 Å². The van der Waals surface area contributed by atoms with Crippen molar-refractivity contribution in [1.29, 1.82) is 0 Å². The lowest BCUT2D eigenvalue weighted by Crippen LogP contribution is -2.28. The number of hydrogen-bond acceptors (Lipinski definition) is 4. The average molecular weight is 358 g/mol. The molecule has 1 amide bonds. The molecule has 1 aromatic heterocycles. The minimum Gasteiger partial charge on any atom is -0.342 e. The van der Waals surface area contributed by atoms with Crippen molar-refractivity contribution in [3.63, 3.8) is 0 Å². The zero-order chi connectivity index (χ0) is 14.8. The Kier molecular flexibility index (Phi) is 7.00. The van der Waals surface area contributed by atoms with Gasteiger partial charge >= 0.3 is 0 Å². The number of aromatic nitrogens is 3. The number of halogens is 2. The number of aryl methyl sites for hydroxylation is 1. The van der Waals surface area contributed by atoms with Crippen LogP contribution >= 0.6 is 24.8 Å². The molecule has 3 N–H and O–H groups in total. The number of nitrogens with two attached hydrogens (primary N) is 1. The molecular weight excluding hydrogens is 337 g/mol. The van der Waals surface area contributed by atoms with Gasteiger partial charge in [-0.05, 0) is 31.0 Å². The van der Waals surface area contributed by atoms with Crippen LogP contribution in [0.4, 0.5) is 0 Å². The molecule has 0 saturated heterocycles. The van der Waals surface area contributed by atoms with E-state index in [-0.39, 0.29) is 36.8 Å². The van der Waals surface area contributed by atoms with Crippen LogP contribution in [0.15, 0.2) is 24.3 Å². The van der Waals surface area contributed by atoms with E-state index in [2.05, 4.69) is 20.1 Å². The Labute approximate surface area is 147 Å². The summed E-state index contributed by atoms with van der Waals surface area (Å²) in [6.45, 7) is 3.34. The first-order valence-corrected chi connectivity index (χ1v) is 7.21. The minimum atomic E-state index is -0.161. The number of carbonyl (C=O) groups is 1. The maximum absolute atomic E-state index is 12.3. The first-order valence-electron chi connectivity index (χ1n) is 7.21. The summed E-state index contributed by atoms with van der Waals surface area (Å²) in [4.78, 5) is 12.3. The highest BCUT2D eigenvalue weighted by Crippen LogP contribution is 2.19. The third-order valence-electron chi connectivity index (χ3n) is 3.82. The Morgan fingerprint density at radius 3 is 2.65 bits per heavy atom. The highest BCUT2D eigenvalue weighted by Gasteiger charge is 2.22. The standard InChI is InChI=1S/C15H19N5O.2ClH/c1-10(14-19-18-13-3-2-8-20(13)14)17-15(21)12-6-4-11(9-16)5-7-12;;/h4-7,10H,2-3,8-9,16H2,1H3,(H,17,21);2*1H. The second-order valence-corrected chi connectivity index (χ2v) is 5.33. The summed E-state index contributed by atoms with van der Waals surface area (Å²) in [6, 6.07) is 7.16. The lowest BCUT2D eigenvalue weighted by atomic mass is 10.1. The molecule has 8 heteroatoms. The number of carbonyl (C=O) groups excluding carboxylic acids is 1. The van der Waals surface area contributed by atoms with Crippen molar-refractivity contribution in [2.75, 3.05) is 0 Å². The fourth-order valence-electron chi connectivity index (χ4n) is 2.63. The molecule has 126 valence electrons. The molecule has 1 atom stereocenters. The van der Waals surface area contributed by atoms with E-state index in [4.69, 9.17) is 5.73 Å². The van der Waals surface area contributed by atoms with E-state index in [0.29, 0.717) is 12.1 Å². The molecule has 0 radical (unpaired) electrons. The summed E-state index contributed by atoms with van der Waals surface area (Å²) in [5, 5.41) is 11.3. The second-order valence-electron chi connectivity index (χ2n) is 5.33. The number of amides is 1. The fraction of sp³-hybridized carbons (Fsp3) is 0.400. The third-order valence-corrected chi connectivity index (χ3v) is 3.82. The van der Waals surface area contributed by atoms with Gasteiger partial charge in [0.2, 0.25) is 0 Å². The van der Waals surface area contributed by atoms with Crippen LogP contribution < -0.4 is 11.1 Å². The Morgan fingerprint density at radius 1 is 1.30 bits per heavy atom. The van der Waals surface area contributed by atoms with Gasteiger partial charge in [-0.2, -0.15) is 0 Å². The molecule has 0 fully saturated rings. The predicted octanol–water partition coefficient (Wildman–Crippen LogP) is 2.02. The molecule has 2 heterocycles. The Balaban J connectivity index is 0.00000132. The molecule has 6 nitrogen and oxygen atoms in total. The number of fused-ring (bicyclic) bond motifs is 1. The Bertz CT molecular complexity index is 656. The average Bonchev–Trinajstić information content (AvgIpc) is 3.09. The molecule has 0 bridgehead atoms. The molecule has 23 heavy (non-hydrogen) atoms. The van der Waals surface area contributed by atoms with E-state index >= 15 is 0 Å². The van der Waals surface area contributed by atoms with Gasteiger partial charge in [0, 0.05) is 25.1 Å². The number of hydrogen-bond donors (Lipinski definition) is 2. The molecule has 1 unspecified atom stereocenters. The lowest BCUT2D eigenvalue weighted by molar-refractivity contribution is 0.0937. The number of rotatable bonds is 4. The summed E-state index contributed by atoms with van der Waals surface area (Å²) in [5.74, 6) is 1.73. The maximum atomic E-state index is 12.3. The summed E-state index contributed by atoms with van der Waals surface area (Å²) >= 11 is 0. The topological polar surface area (TPSA) is 85.8 Å². The van der Waals surface area contributed by atoms with E-state index in [1.165, 1.54) is 0 Å². The van der Waals surface area contributed by atoms with Crippen LogP contribution in [0, 0.1) is 0 Å². The number of nitrogens with zero attached hydrogens (tertiary/aromatic N) is 3. The second kappa shape index (κ2) is 8.29. The van der Waals surface area contributed by atoms with Crippen molar-refractivity contribution >= 4 is 30.7 Å². The van der Waals surface area contributed by atoms with E-state index in [9.17, 15) is 4.79 Å². The zero-order valence-corrected chi connectivity index (χ0v) is 14.5. The van der Waals surface area contributed by atoms with Crippen molar-refractivity contribution in [3.05, 3.63) is 47.0 Å². The number of nitrogens with one attached hydrogen (secondary N) is 1. The molecule has 1 aliphatic heterocycles. The van der Waals surface area contributed by atoms with Crippen molar-refractivity contribution in [3.8, 4) is 0 Å². The molecule has 0 aliphatic carbocycles. The molecule has 1 aromatic carbocycles. The van der Waals surface area contributed by atoms with E-state index < -0.39 is 0 Å². The van der Waals surface area contributed by atoms with E-state index in [0.717, 1.165) is 36.6 Å². The monoisotopic (exact) mass is 357 g/mol. The normalized spacial score (nSPS) is 13.5. The van der Waals surface area contributed by atoms with Crippen LogP contribution in [0.5, 0.6) is 0 Å². The van der Waals surface area contributed by atoms with Gasteiger partial charge in [-0.3, -0.25) is 4.79 Å². The molecule has 1 aliphatic rings.